The Balaban J connectivity index is 1.07. The largest absolute Gasteiger partial charge is 0.252 e. The first-order valence-corrected chi connectivity index (χ1v) is 23.2. The molecular weight excluding hydrogens is 801 g/mol. The summed E-state index contributed by atoms with van der Waals surface area (Å²) >= 11 is 0. The summed E-state index contributed by atoms with van der Waals surface area (Å²) < 4.78 is 0. The van der Waals surface area contributed by atoms with Gasteiger partial charge in [0.1, 0.15) is 0 Å². The average molecular weight is 849 g/mol. The van der Waals surface area contributed by atoms with Gasteiger partial charge in [0.2, 0.25) is 0 Å². The van der Waals surface area contributed by atoms with E-state index in [1.165, 1.54) is 66.8 Å². The van der Waals surface area contributed by atoms with E-state index in [4.69, 9.17) is 19.9 Å². The van der Waals surface area contributed by atoms with Gasteiger partial charge in [-0.15, -0.1) is 0 Å². The standard InChI is InChI=1S/C62H48N4/c1-39-27-31-49-51-33-29-46(57-26-16-25-48(42-17-8-4-9-18-42)41(3)58(63-57)43-19-10-5-11-20-43)37-55(51)62(53(49)35-39)54-36-40(2)28-32-50(54)52-34-30-47(38-56(52)62)61-65-59(44-21-12-6-13-22-44)64-60(66-61)45-23-14-7-15-24-45/h4-15,17-24,26-38,41,48H,16,25H2,1-3H3/b57-26-,63-58?. The van der Waals surface area contributed by atoms with Gasteiger partial charge in [0.15, 0.2) is 17.5 Å². The second-order valence-corrected chi connectivity index (χ2v) is 18.2. The first-order chi connectivity index (χ1) is 32.4. The molecule has 316 valence electrons. The molecule has 0 bridgehead atoms. The summed E-state index contributed by atoms with van der Waals surface area (Å²) in [5.74, 6) is 2.51. The molecule has 2 heterocycles. The van der Waals surface area contributed by atoms with Gasteiger partial charge in [0.05, 0.1) is 16.8 Å². The van der Waals surface area contributed by atoms with Crippen molar-refractivity contribution in [3.05, 3.63) is 250 Å². The van der Waals surface area contributed by atoms with Crippen molar-refractivity contribution in [2.24, 2.45) is 10.9 Å². The van der Waals surface area contributed by atoms with Crippen molar-refractivity contribution in [1.29, 1.82) is 0 Å². The van der Waals surface area contributed by atoms with Crippen LogP contribution in [0.15, 0.2) is 205 Å². The molecule has 1 aromatic heterocycles. The van der Waals surface area contributed by atoms with Gasteiger partial charge < -0.3 is 0 Å². The lowest BCUT2D eigenvalue weighted by Crippen LogP contribution is -2.26. The van der Waals surface area contributed by atoms with Gasteiger partial charge in [-0.05, 0) is 100 Å². The lowest BCUT2D eigenvalue weighted by molar-refractivity contribution is 0.536. The first-order valence-electron chi connectivity index (χ1n) is 23.2. The average Bonchev–Trinajstić information content (AvgIpc) is 3.81. The molecule has 2 aliphatic carbocycles. The molecule has 4 heteroatoms. The van der Waals surface area contributed by atoms with Gasteiger partial charge in [-0.3, -0.25) is 4.99 Å². The van der Waals surface area contributed by atoms with E-state index in [9.17, 15) is 0 Å². The molecule has 0 amide bonds. The zero-order valence-electron chi connectivity index (χ0n) is 37.4. The summed E-state index contributed by atoms with van der Waals surface area (Å²) in [6, 6.07) is 70.3. The molecule has 3 aliphatic rings. The van der Waals surface area contributed by atoms with Gasteiger partial charge >= 0.3 is 0 Å². The summed E-state index contributed by atoms with van der Waals surface area (Å²) in [5.41, 5.74) is 20.7. The van der Waals surface area contributed by atoms with E-state index < -0.39 is 5.41 Å². The highest BCUT2D eigenvalue weighted by molar-refractivity contribution is 6.06. The molecule has 12 rings (SSSR count). The summed E-state index contributed by atoms with van der Waals surface area (Å²) in [5, 5.41) is 0. The molecule has 0 N–H and O–H groups in total. The van der Waals surface area contributed by atoms with Crippen LogP contribution in [0.5, 0.6) is 0 Å². The Kier molecular flexibility index (Phi) is 9.64. The number of nitrogens with zero attached hydrogens (tertiary/aromatic N) is 4. The van der Waals surface area contributed by atoms with Crippen molar-refractivity contribution in [2.75, 3.05) is 0 Å². The molecule has 9 aromatic rings. The Bertz CT molecular complexity index is 3320. The van der Waals surface area contributed by atoms with Crippen LogP contribution in [0.4, 0.5) is 0 Å². The molecule has 4 nitrogen and oxygen atoms in total. The third-order valence-electron chi connectivity index (χ3n) is 14.2. The van der Waals surface area contributed by atoms with E-state index >= 15 is 0 Å². The smallest absolute Gasteiger partial charge is 0.164 e. The van der Waals surface area contributed by atoms with Gasteiger partial charge in [0.25, 0.3) is 0 Å². The summed E-state index contributed by atoms with van der Waals surface area (Å²) in [4.78, 5) is 21.2. The maximum Gasteiger partial charge on any atom is 0.164 e. The molecule has 3 unspecified atom stereocenters. The fraction of sp³-hybridized carbons (Fsp3) is 0.129. The first kappa shape index (κ1) is 39.7. The van der Waals surface area contributed by atoms with Crippen molar-refractivity contribution in [3.8, 4) is 56.4 Å². The quantitative estimate of drug-likeness (QED) is 0.167. The number of aromatic nitrogens is 3. The van der Waals surface area contributed by atoms with Crippen LogP contribution < -0.4 is 0 Å². The maximum absolute atomic E-state index is 5.71. The summed E-state index contributed by atoms with van der Waals surface area (Å²) in [6.45, 7) is 6.80. The van der Waals surface area contributed by atoms with Crippen molar-refractivity contribution < 1.29 is 0 Å². The van der Waals surface area contributed by atoms with Crippen molar-refractivity contribution in [3.63, 3.8) is 0 Å². The molecule has 3 atom stereocenters. The molecule has 0 radical (unpaired) electrons. The van der Waals surface area contributed by atoms with Gasteiger partial charge in [-0.2, -0.15) is 0 Å². The molecule has 0 saturated carbocycles. The van der Waals surface area contributed by atoms with Crippen LogP contribution in [0.3, 0.4) is 0 Å². The number of hydrogen-bond acceptors (Lipinski definition) is 4. The van der Waals surface area contributed by atoms with Gasteiger partial charge in [0, 0.05) is 28.2 Å². The highest BCUT2D eigenvalue weighted by Crippen LogP contribution is 2.63. The molecule has 1 spiro atoms. The van der Waals surface area contributed by atoms with E-state index in [2.05, 4.69) is 185 Å². The Morgan fingerprint density at radius 3 is 1.38 bits per heavy atom. The topological polar surface area (TPSA) is 51.0 Å². The number of rotatable bonds is 6. The van der Waals surface area contributed by atoms with Crippen LogP contribution in [0.25, 0.3) is 62.1 Å². The normalized spacial score (nSPS) is 18.8. The monoisotopic (exact) mass is 848 g/mol. The summed E-state index contributed by atoms with van der Waals surface area (Å²) in [7, 11) is 0. The minimum Gasteiger partial charge on any atom is -0.252 e. The fourth-order valence-corrected chi connectivity index (χ4v) is 11.1. The lowest BCUT2D eigenvalue weighted by Gasteiger charge is -2.31. The van der Waals surface area contributed by atoms with Crippen LogP contribution in [0, 0.1) is 19.8 Å². The number of aliphatic imine (C=N–C) groups is 1. The van der Waals surface area contributed by atoms with Crippen molar-refractivity contribution in [1.82, 2.24) is 15.0 Å². The number of allylic oxidation sites excluding steroid dienone is 1. The third-order valence-corrected chi connectivity index (χ3v) is 14.2. The third kappa shape index (κ3) is 6.50. The molecule has 0 saturated heterocycles. The van der Waals surface area contributed by atoms with E-state index in [1.807, 2.05) is 36.4 Å². The van der Waals surface area contributed by atoms with Gasteiger partial charge in [-0.25, -0.2) is 15.0 Å². The zero-order valence-corrected chi connectivity index (χ0v) is 37.4. The van der Waals surface area contributed by atoms with Crippen LogP contribution >= 0.6 is 0 Å². The number of hydrogen-bond donors (Lipinski definition) is 0. The van der Waals surface area contributed by atoms with E-state index in [0.29, 0.717) is 23.4 Å². The van der Waals surface area contributed by atoms with Crippen LogP contribution in [0.1, 0.15) is 75.8 Å². The second-order valence-electron chi connectivity index (χ2n) is 18.2. The van der Waals surface area contributed by atoms with E-state index in [1.54, 1.807) is 0 Å². The molecule has 1 aliphatic heterocycles. The van der Waals surface area contributed by atoms with Crippen molar-refractivity contribution >= 4 is 11.4 Å². The Hall–Kier alpha value is -7.82. The number of aryl methyl sites for hydroxylation is 2. The highest BCUT2D eigenvalue weighted by Gasteiger charge is 2.52. The van der Waals surface area contributed by atoms with E-state index in [-0.39, 0.29) is 5.92 Å². The molecule has 8 aromatic carbocycles. The second kappa shape index (κ2) is 16.0. The Morgan fingerprint density at radius 2 is 0.848 bits per heavy atom. The predicted octanol–water partition coefficient (Wildman–Crippen LogP) is 14.9. The molecular formula is C62H48N4. The number of fused-ring (bicyclic) bond motifs is 10. The number of benzene rings is 8. The molecule has 0 fully saturated rings. The van der Waals surface area contributed by atoms with E-state index in [0.717, 1.165) is 46.5 Å². The SMILES string of the molecule is Cc1ccc2c(c1)C1(c3cc(C)ccc3-c3ccc(-c4nc(-c5ccccc5)nc(-c5ccccc5)n4)cc31)c1cc(/C3=C/CCC(c4ccccc4)C(C)C(c4ccccc4)=N3)ccc1-2. The van der Waals surface area contributed by atoms with Gasteiger partial charge in [-0.1, -0.05) is 206 Å². The molecule has 66 heavy (non-hydrogen) atoms. The maximum atomic E-state index is 5.71. The minimum absolute atomic E-state index is 0.210. The highest BCUT2D eigenvalue weighted by atomic mass is 15.0. The minimum atomic E-state index is -0.600. The summed E-state index contributed by atoms with van der Waals surface area (Å²) in [6.07, 6.45) is 4.36. The lowest BCUT2D eigenvalue weighted by atomic mass is 9.69. The Labute approximate surface area is 387 Å². The van der Waals surface area contributed by atoms with Crippen LogP contribution in [0.2, 0.25) is 0 Å². The fourth-order valence-electron chi connectivity index (χ4n) is 11.1. The van der Waals surface area contributed by atoms with Crippen LogP contribution in [-0.2, 0) is 5.41 Å². The predicted molar refractivity (Wildman–Crippen MR) is 270 cm³/mol. The van der Waals surface area contributed by atoms with Crippen LogP contribution in [-0.4, -0.2) is 20.7 Å². The zero-order chi connectivity index (χ0) is 44.4. The Morgan fingerprint density at radius 1 is 0.424 bits per heavy atom. The van der Waals surface area contributed by atoms with Crippen molar-refractivity contribution in [2.45, 2.75) is 44.9 Å².